The number of hydrogen-bond acceptors (Lipinski definition) is 3. The predicted octanol–water partition coefficient (Wildman–Crippen LogP) is 2.13. The molecule has 0 bridgehead atoms. The van der Waals surface area contributed by atoms with E-state index in [0.29, 0.717) is 24.4 Å². The number of benzene rings is 1. The van der Waals surface area contributed by atoms with Gasteiger partial charge in [-0.25, -0.2) is 4.39 Å². The lowest BCUT2D eigenvalue weighted by atomic mass is 10.0. The van der Waals surface area contributed by atoms with Crippen molar-refractivity contribution < 1.29 is 19.0 Å². The zero-order valence-corrected chi connectivity index (χ0v) is 11.1. The molecule has 1 heterocycles. The normalized spacial score (nSPS) is 23.5. The lowest BCUT2D eigenvalue weighted by Gasteiger charge is -2.23. The second-order valence-electron chi connectivity index (χ2n) is 4.98. The smallest absolute Gasteiger partial charge is 0.321 e. The lowest BCUT2D eigenvalue weighted by molar-refractivity contribution is -0.143. The summed E-state index contributed by atoms with van der Waals surface area (Å²) in [7, 11) is 1.48. The Hall–Kier alpha value is -1.62. The van der Waals surface area contributed by atoms with Crippen LogP contribution in [0, 0.1) is 11.7 Å². The minimum atomic E-state index is -0.834. The average molecular weight is 267 g/mol. The van der Waals surface area contributed by atoms with E-state index >= 15 is 0 Å². The van der Waals surface area contributed by atoms with Crippen molar-refractivity contribution >= 4 is 5.97 Å². The van der Waals surface area contributed by atoms with Crippen LogP contribution in [0.25, 0.3) is 0 Å². The number of methoxy groups -OCH3 is 1. The van der Waals surface area contributed by atoms with Gasteiger partial charge in [-0.3, -0.25) is 9.69 Å². The van der Waals surface area contributed by atoms with Gasteiger partial charge in [-0.05, 0) is 24.9 Å². The quantitative estimate of drug-likeness (QED) is 0.908. The first-order valence-electron chi connectivity index (χ1n) is 6.32. The third-order valence-corrected chi connectivity index (χ3v) is 3.69. The first-order valence-corrected chi connectivity index (χ1v) is 6.32. The molecule has 1 aromatic rings. The standard InChI is InChI=1S/C14H18FNO3/c1-9-5-6-16(13(9)14(17)18)8-10-3-4-11(19-2)7-12(10)15/h3-4,7,9,13H,5-6,8H2,1-2H3,(H,17,18). The van der Waals surface area contributed by atoms with Crippen LogP contribution < -0.4 is 4.74 Å². The number of hydrogen-bond donors (Lipinski definition) is 1. The Morgan fingerprint density at radius 1 is 1.58 bits per heavy atom. The molecule has 0 spiro atoms. The first kappa shape index (κ1) is 13.8. The maximum atomic E-state index is 13.9. The zero-order chi connectivity index (χ0) is 14.0. The van der Waals surface area contributed by atoms with Crippen molar-refractivity contribution in [3.63, 3.8) is 0 Å². The maximum Gasteiger partial charge on any atom is 0.321 e. The van der Waals surface area contributed by atoms with Crippen LogP contribution in [-0.2, 0) is 11.3 Å². The molecule has 1 aliphatic heterocycles. The second-order valence-corrected chi connectivity index (χ2v) is 4.98. The number of carbonyl (C=O) groups is 1. The molecule has 1 saturated heterocycles. The molecule has 2 rings (SSSR count). The summed E-state index contributed by atoms with van der Waals surface area (Å²) in [6.45, 7) is 2.92. The third-order valence-electron chi connectivity index (χ3n) is 3.69. The highest BCUT2D eigenvalue weighted by Crippen LogP contribution is 2.27. The Bertz CT molecular complexity index is 478. The first-order chi connectivity index (χ1) is 9.02. The van der Waals surface area contributed by atoms with Gasteiger partial charge in [-0.15, -0.1) is 0 Å². The van der Waals surface area contributed by atoms with Gasteiger partial charge in [0.25, 0.3) is 0 Å². The summed E-state index contributed by atoms with van der Waals surface area (Å²) < 4.78 is 18.8. The highest BCUT2D eigenvalue weighted by atomic mass is 19.1. The van der Waals surface area contributed by atoms with Gasteiger partial charge in [0.15, 0.2) is 0 Å². The molecule has 2 atom stereocenters. The van der Waals surface area contributed by atoms with Gasteiger partial charge in [0.05, 0.1) is 7.11 Å². The largest absolute Gasteiger partial charge is 0.497 e. The fourth-order valence-electron chi connectivity index (χ4n) is 2.61. The van der Waals surface area contributed by atoms with Crippen LogP contribution in [0.1, 0.15) is 18.9 Å². The van der Waals surface area contributed by atoms with Crippen molar-refractivity contribution in [2.45, 2.75) is 25.9 Å². The number of carboxylic acids is 1. The number of aliphatic carboxylic acids is 1. The Morgan fingerprint density at radius 3 is 2.89 bits per heavy atom. The molecule has 0 saturated carbocycles. The Labute approximate surface area is 111 Å². The van der Waals surface area contributed by atoms with E-state index in [9.17, 15) is 14.3 Å². The van der Waals surface area contributed by atoms with Gasteiger partial charge in [0.2, 0.25) is 0 Å². The molecule has 0 aromatic heterocycles. The number of rotatable bonds is 4. The monoisotopic (exact) mass is 267 g/mol. The number of carboxylic acid groups (broad SMARTS) is 1. The van der Waals surface area contributed by atoms with Crippen LogP contribution in [0.5, 0.6) is 5.75 Å². The van der Waals surface area contributed by atoms with Crippen LogP contribution in [0.3, 0.4) is 0 Å². The Balaban J connectivity index is 2.15. The molecule has 1 aromatic carbocycles. The molecule has 0 amide bonds. The lowest BCUT2D eigenvalue weighted by Crippen LogP contribution is -2.38. The van der Waals surface area contributed by atoms with E-state index in [2.05, 4.69) is 0 Å². The van der Waals surface area contributed by atoms with Gasteiger partial charge < -0.3 is 9.84 Å². The van der Waals surface area contributed by atoms with Crippen LogP contribution in [0.2, 0.25) is 0 Å². The molecule has 5 heteroatoms. The molecule has 1 aliphatic rings. The summed E-state index contributed by atoms with van der Waals surface area (Å²) in [5.41, 5.74) is 0.501. The van der Waals surface area contributed by atoms with Gasteiger partial charge >= 0.3 is 5.97 Å². The molecule has 1 N–H and O–H groups in total. The minimum absolute atomic E-state index is 0.0961. The van der Waals surface area contributed by atoms with Crippen molar-refractivity contribution in [1.82, 2.24) is 4.90 Å². The molecule has 0 aliphatic carbocycles. The molecule has 19 heavy (non-hydrogen) atoms. The fourth-order valence-corrected chi connectivity index (χ4v) is 2.61. The molecule has 1 fully saturated rings. The SMILES string of the molecule is COc1ccc(CN2CCC(C)C2C(=O)O)c(F)c1. The highest BCUT2D eigenvalue weighted by molar-refractivity contribution is 5.74. The number of likely N-dealkylation sites (tertiary alicyclic amines) is 1. The topological polar surface area (TPSA) is 49.8 Å². The molecule has 2 unspecified atom stereocenters. The van der Waals surface area contributed by atoms with E-state index in [-0.39, 0.29) is 11.7 Å². The van der Waals surface area contributed by atoms with Crippen LogP contribution >= 0.6 is 0 Å². The molecular weight excluding hydrogens is 249 g/mol. The third kappa shape index (κ3) is 2.87. The average Bonchev–Trinajstić information content (AvgIpc) is 2.73. The van der Waals surface area contributed by atoms with E-state index < -0.39 is 12.0 Å². The summed E-state index contributed by atoms with van der Waals surface area (Å²) in [6, 6.07) is 4.13. The van der Waals surface area contributed by atoms with Crippen LogP contribution in [0.15, 0.2) is 18.2 Å². The van der Waals surface area contributed by atoms with Crippen molar-refractivity contribution in [2.24, 2.45) is 5.92 Å². The van der Waals surface area contributed by atoms with Crippen molar-refractivity contribution in [2.75, 3.05) is 13.7 Å². The van der Waals surface area contributed by atoms with E-state index in [1.54, 1.807) is 12.1 Å². The minimum Gasteiger partial charge on any atom is -0.497 e. The summed E-state index contributed by atoms with van der Waals surface area (Å²) in [5, 5.41) is 9.23. The van der Waals surface area contributed by atoms with Gasteiger partial charge in [-0.2, -0.15) is 0 Å². The van der Waals surface area contributed by atoms with Crippen molar-refractivity contribution in [3.05, 3.63) is 29.6 Å². The molecule has 104 valence electrons. The maximum absolute atomic E-state index is 13.9. The number of ether oxygens (including phenoxy) is 1. The van der Waals surface area contributed by atoms with Gasteiger partial charge in [0, 0.05) is 18.2 Å². The van der Waals surface area contributed by atoms with Crippen molar-refractivity contribution in [3.8, 4) is 5.75 Å². The second kappa shape index (κ2) is 5.57. The van der Waals surface area contributed by atoms with Crippen molar-refractivity contribution in [1.29, 1.82) is 0 Å². The molecule has 4 nitrogen and oxygen atoms in total. The number of nitrogens with zero attached hydrogens (tertiary/aromatic N) is 1. The van der Waals surface area contributed by atoms with E-state index in [1.807, 2.05) is 11.8 Å². The fraction of sp³-hybridized carbons (Fsp3) is 0.500. The van der Waals surface area contributed by atoms with Gasteiger partial charge in [-0.1, -0.05) is 13.0 Å². The molecule has 0 radical (unpaired) electrons. The summed E-state index contributed by atoms with van der Waals surface area (Å²) in [6.07, 6.45) is 0.828. The summed E-state index contributed by atoms with van der Waals surface area (Å²) >= 11 is 0. The number of halogens is 1. The highest BCUT2D eigenvalue weighted by Gasteiger charge is 2.36. The zero-order valence-electron chi connectivity index (χ0n) is 11.1. The van der Waals surface area contributed by atoms with E-state index in [1.165, 1.54) is 13.2 Å². The van der Waals surface area contributed by atoms with Crippen LogP contribution in [0.4, 0.5) is 4.39 Å². The molecular formula is C14H18FNO3. The predicted molar refractivity (Wildman–Crippen MR) is 68.6 cm³/mol. The Morgan fingerprint density at radius 2 is 2.32 bits per heavy atom. The summed E-state index contributed by atoms with van der Waals surface area (Å²) in [5.74, 6) is -0.633. The van der Waals surface area contributed by atoms with Crippen LogP contribution in [-0.4, -0.2) is 35.7 Å². The van der Waals surface area contributed by atoms with Gasteiger partial charge in [0.1, 0.15) is 17.6 Å². The summed E-state index contributed by atoms with van der Waals surface area (Å²) in [4.78, 5) is 13.1. The van der Waals surface area contributed by atoms with E-state index in [4.69, 9.17) is 4.74 Å². The Kier molecular flexibility index (Phi) is 4.04. The van der Waals surface area contributed by atoms with E-state index in [0.717, 1.165) is 6.42 Å².